The molecule has 0 spiro atoms. The van der Waals surface area contributed by atoms with Crippen LogP contribution in [0.3, 0.4) is 0 Å². The maximum absolute atomic E-state index is 11.1. The van der Waals surface area contributed by atoms with Crippen LogP contribution in [-0.2, 0) is 9.53 Å². The first-order chi connectivity index (χ1) is 8.01. The lowest BCUT2D eigenvalue weighted by Crippen LogP contribution is -2.29. The average molecular weight is 241 g/mol. The molecule has 94 valence electrons. The standard InChI is InChI=1S/C11H15NO5/c1-6-4-7(5-12-10(6)16-2)8(13)9(14)11(15)17-3/h4-5,8-9,13-14H,1-3H3. The van der Waals surface area contributed by atoms with Crippen LogP contribution in [0.2, 0.25) is 0 Å². The zero-order valence-electron chi connectivity index (χ0n) is 9.88. The van der Waals surface area contributed by atoms with Gasteiger partial charge in [-0.3, -0.25) is 0 Å². The van der Waals surface area contributed by atoms with Gasteiger partial charge in [-0.2, -0.15) is 0 Å². The van der Waals surface area contributed by atoms with Crippen molar-refractivity contribution in [2.24, 2.45) is 0 Å². The van der Waals surface area contributed by atoms with Gasteiger partial charge in [0.15, 0.2) is 6.10 Å². The molecule has 1 heterocycles. The van der Waals surface area contributed by atoms with Gasteiger partial charge in [-0.1, -0.05) is 0 Å². The maximum atomic E-state index is 11.1. The third-order valence-corrected chi connectivity index (χ3v) is 2.33. The molecule has 2 unspecified atom stereocenters. The molecule has 6 heteroatoms. The van der Waals surface area contributed by atoms with Gasteiger partial charge >= 0.3 is 5.97 Å². The van der Waals surface area contributed by atoms with Crippen molar-refractivity contribution in [1.82, 2.24) is 4.98 Å². The molecular weight excluding hydrogens is 226 g/mol. The number of carbonyl (C=O) groups is 1. The second-order valence-corrected chi connectivity index (χ2v) is 3.51. The number of hydrogen-bond acceptors (Lipinski definition) is 6. The molecule has 0 saturated heterocycles. The quantitative estimate of drug-likeness (QED) is 0.719. The van der Waals surface area contributed by atoms with Gasteiger partial charge in [-0.05, 0) is 13.0 Å². The smallest absolute Gasteiger partial charge is 0.337 e. The number of aromatic nitrogens is 1. The van der Waals surface area contributed by atoms with Crippen LogP contribution >= 0.6 is 0 Å². The fourth-order valence-electron chi connectivity index (χ4n) is 1.39. The molecule has 0 aliphatic heterocycles. The molecule has 1 aromatic rings. The molecule has 1 aromatic heterocycles. The van der Waals surface area contributed by atoms with Gasteiger partial charge in [0.2, 0.25) is 5.88 Å². The molecule has 0 aliphatic rings. The van der Waals surface area contributed by atoms with Crippen molar-refractivity contribution in [3.05, 3.63) is 23.4 Å². The molecule has 0 aromatic carbocycles. The molecule has 0 saturated carbocycles. The van der Waals surface area contributed by atoms with Crippen molar-refractivity contribution in [3.63, 3.8) is 0 Å². The summed E-state index contributed by atoms with van der Waals surface area (Å²) in [5.74, 6) is -0.473. The van der Waals surface area contributed by atoms with E-state index in [1.807, 2.05) is 0 Å². The van der Waals surface area contributed by atoms with Crippen molar-refractivity contribution in [3.8, 4) is 5.88 Å². The van der Waals surface area contributed by atoms with Crippen LogP contribution in [0, 0.1) is 6.92 Å². The van der Waals surface area contributed by atoms with E-state index in [4.69, 9.17) is 4.74 Å². The van der Waals surface area contributed by atoms with Gasteiger partial charge in [-0.15, -0.1) is 0 Å². The lowest BCUT2D eigenvalue weighted by Gasteiger charge is -2.16. The van der Waals surface area contributed by atoms with Crippen LogP contribution in [0.15, 0.2) is 12.3 Å². The predicted octanol–water partition coefficient (Wildman–Crippen LogP) is -0.0341. The summed E-state index contributed by atoms with van der Waals surface area (Å²) in [4.78, 5) is 15.0. The van der Waals surface area contributed by atoms with Crippen LogP contribution in [0.1, 0.15) is 17.2 Å². The molecule has 1 rings (SSSR count). The summed E-state index contributed by atoms with van der Waals surface area (Å²) in [6.45, 7) is 1.74. The first kappa shape index (κ1) is 13.4. The highest BCUT2D eigenvalue weighted by atomic mass is 16.5. The van der Waals surface area contributed by atoms with E-state index in [-0.39, 0.29) is 0 Å². The summed E-state index contributed by atoms with van der Waals surface area (Å²) >= 11 is 0. The SMILES string of the molecule is COC(=O)C(O)C(O)c1cnc(OC)c(C)c1. The number of esters is 1. The highest BCUT2D eigenvalue weighted by Crippen LogP contribution is 2.22. The Kier molecular flexibility index (Phi) is 4.42. The van der Waals surface area contributed by atoms with Crippen molar-refractivity contribution in [2.45, 2.75) is 19.1 Å². The lowest BCUT2D eigenvalue weighted by atomic mass is 10.1. The van der Waals surface area contributed by atoms with Gasteiger partial charge in [-0.25, -0.2) is 9.78 Å². The van der Waals surface area contributed by atoms with E-state index < -0.39 is 18.2 Å². The Labute approximate surface area is 98.8 Å². The Morgan fingerprint density at radius 2 is 2.06 bits per heavy atom. The molecule has 0 radical (unpaired) electrons. The van der Waals surface area contributed by atoms with Crippen LogP contribution in [0.25, 0.3) is 0 Å². The first-order valence-electron chi connectivity index (χ1n) is 4.95. The van der Waals surface area contributed by atoms with Gasteiger partial charge in [0.25, 0.3) is 0 Å². The highest BCUT2D eigenvalue weighted by molar-refractivity contribution is 5.75. The minimum Gasteiger partial charge on any atom is -0.481 e. The van der Waals surface area contributed by atoms with E-state index in [2.05, 4.69) is 9.72 Å². The van der Waals surface area contributed by atoms with Crippen LogP contribution in [-0.4, -0.2) is 41.5 Å². The highest BCUT2D eigenvalue weighted by Gasteiger charge is 2.27. The maximum Gasteiger partial charge on any atom is 0.337 e. The number of nitrogens with zero attached hydrogens (tertiary/aromatic N) is 1. The average Bonchev–Trinajstić information content (AvgIpc) is 2.35. The zero-order chi connectivity index (χ0) is 13.0. The monoisotopic (exact) mass is 241 g/mol. The molecule has 0 aliphatic carbocycles. The Morgan fingerprint density at radius 1 is 1.41 bits per heavy atom. The van der Waals surface area contributed by atoms with E-state index >= 15 is 0 Å². The molecule has 0 amide bonds. The number of aliphatic hydroxyl groups is 2. The number of pyridine rings is 1. The minimum atomic E-state index is -1.63. The Bertz CT molecular complexity index is 407. The van der Waals surface area contributed by atoms with Crippen molar-refractivity contribution in [1.29, 1.82) is 0 Å². The van der Waals surface area contributed by atoms with Crippen molar-refractivity contribution in [2.75, 3.05) is 14.2 Å². The molecule has 2 N–H and O–H groups in total. The van der Waals surface area contributed by atoms with Crippen LogP contribution < -0.4 is 4.74 Å². The molecule has 0 fully saturated rings. The van der Waals surface area contributed by atoms with Crippen molar-refractivity contribution < 1.29 is 24.5 Å². The first-order valence-corrected chi connectivity index (χ1v) is 4.95. The topological polar surface area (TPSA) is 88.9 Å². The summed E-state index contributed by atoms with van der Waals surface area (Å²) in [5.41, 5.74) is 1.02. The third-order valence-electron chi connectivity index (χ3n) is 2.33. The van der Waals surface area contributed by atoms with E-state index in [0.717, 1.165) is 7.11 Å². The summed E-state index contributed by atoms with van der Waals surface area (Å²) < 4.78 is 9.30. The normalized spacial score (nSPS) is 13.9. The second-order valence-electron chi connectivity index (χ2n) is 3.51. The number of methoxy groups -OCH3 is 2. The summed E-state index contributed by atoms with van der Waals surface area (Å²) in [7, 11) is 2.62. The fourth-order valence-corrected chi connectivity index (χ4v) is 1.39. The molecule has 6 nitrogen and oxygen atoms in total. The van der Waals surface area contributed by atoms with E-state index in [9.17, 15) is 15.0 Å². The fraction of sp³-hybridized carbons (Fsp3) is 0.455. The number of rotatable bonds is 4. The predicted molar refractivity (Wildman–Crippen MR) is 58.5 cm³/mol. The van der Waals surface area contributed by atoms with Gasteiger partial charge in [0, 0.05) is 17.3 Å². The minimum absolute atomic E-state index is 0.321. The van der Waals surface area contributed by atoms with Crippen LogP contribution in [0.5, 0.6) is 5.88 Å². The van der Waals surface area contributed by atoms with Crippen LogP contribution in [0.4, 0.5) is 0 Å². The molecule has 2 atom stereocenters. The Balaban J connectivity index is 2.93. The van der Waals surface area contributed by atoms with Gasteiger partial charge < -0.3 is 19.7 Å². The molecule has 0 bridgehead atoms. The summed E-state index contributed by atoms with van der Waals surface area (Å²) in [5, 5.41) is 19.2. The van der Waals surface area contributed by atoms with E-state index in [0.29, 0.717) is 17.0 Å². The van der Waals surface area contributed by atoms with Crippen molar-refractivity contribution >= 4 is 5.97 Å². The number of carbonyl (C=O) groups excluding carboxylic acids is 1. The third kappa shape index (κ3) is 2.92. The van der Waals surface area contributed by atoms with Gasteiger partial charge in [0.1, 0.15) is 6.10 Å². The van der Waals surface area contributed by atoms with Gasteiger partial charge in [0.05, 0.1) is 14.2 Å². The molecule has 17 heavy (non-hydrogen) atoms. The summed E-state index contributed by atoms with van der Waals surface area (Å²) in [6, 6.07) is 1.59. The largest absolute Gasteiger partial charge is 0.481 e. The Hall–Kier alpha value is -1.66. The number of aryl methyl sites for hydroxylation is 1. The summed E-state index contributed by atoms with van der Waals surface area (Å²) in [6.07, 6.45) is -1.67. The number of aliphatic hydroxyl groups excluding tert-OH is 2. The lowest BCUT2D eigenvalue weighted by molar-refractivity contribution is -0.156. The Morgan fingerprint density at radius 3 is 2.53 bits per heavy atom. The van der Waals surface area contributed by atoms with E-state index in [1.54, 1.807) is 13.0 Å². The number of ether oxygens (including phenoxy) is 2. The molecular formula is C11H15NO5. The second kappa shape index (κ2) is 5.60. The zero-order valence-corrected chi connectivity index (χ0v) is 9.88. The van der Waals surface area contributed by atoms with E-state index in [1.165, 1.54) is 13.3 Å². The number of hydrogen-bond donors (Lipinski definition) is 2.